The number of imidazole rings is 1. The van der Waals surface area contributed by atoms with Crippen LogP contribution in [0.15, 0.2) is 79.1 Å². The molecule has 0 bridgehead atoms. The summed E-state index contributed by atoms with van der Waals surface area (Å²) in [6, 6.07) is 23.3. The van der Waals surface area contributed by atoms with Crippen molar-refractivity contribution < 1.29 is 4.79 Å². The zero-order chi connectivity index (χ0) is 21.4. The first kappa shape index (κ1) is 19.2. The summed E-state index contributed by atoms with van der Waals surface area (Å²) < 4.78 is 0. The predicted octanol–water partition coefficient (Wildman–Crippen LogP) is 5.97. The van der Waals surface area contributed by atoms with Crippen LogP contribution in [0.5, 0.6) is 0 Å². The minimum Gasteiger partial charge on any atom is -0.354 e. The number of carbonyl (C=O) groups excluding carboxylic acids is 1. The third-order valence-electron chi connectivity index (χ3n) is 5.30. The number of anilines is 2. The third-order valence-corrected chi connectivity index (χ3v) is 5.53. The lowest BCUT2D eigenvalue weighted by atomic mass is 10.00. The maximum atomic E-state index is 12.9. The van der Waals surface area contributed by atoms with Crippen molar-refractivity contribution >= 4 is 40.2 Å². The fourth-order valence-corrected chi connectivity index (χ4v) is 3.95. The van der Waals surface area contributed by atoms with E-state index in [2.05, 4.69) is 20.6 Å². The Labute approximate surface area is 184 Å². The summed E-state index contributed by atoms with van der Waals surface area (Å²) in [5.74, 6) is -0.160. The van der Waals surface area contributed by atoms with E-state index in [0.717, 1.165) is 39.5 Å². The number of hydrogen-bond donors (Lipinski definition) is 3. The molecule has 1 aliphatic heterocycles. The second kappa shape index (κ2) is 7.78. The molecule has 0 fully saturated rings. The van der Waals surface area contributed by atoms with Crippen LogP contribution in [0.3, 0.4) is 0 Å². The summed E-state index contributed by atoms with van der Waals surface area (Å²) >= 11 is 6.12. The molecule has 4 aromatic rings. The van der Waals surface area contributed by atoms with Gasteiger partial charge in [0.25, 0.3) is 5.91 Å². The van der Waals surface area contributed by atoms with E-state index in [9.17, 15) is 4.79 Å². The first-order valence-electron chi connectivity index (χ1n) is 9.88. The van der Waals surface area contributed by atoms with Gasteiger partial charge in [0.2, 0.25) is 0 Å². The number of hydrogen-bond acceptors (Lipinski definition) is 3. The van der Waals surface area contributed by atoms with Crippen LogP contribution < -0.4 is 10.6 Å². The fraction of sp³-hybridized carbons (Fsp3) is 0.0400. The zero-order valence-corrected chi connectivity index (χ0v) is 17.5. The van der Waals surface area contributed by atoms with Crippen LogP contribution in [0, 0.1) is 6.92 Å². The molecule has 0 unspecified atom stereocenters. The Kier molecular flexibility index (Phi) is 4.81. The van der Waals surface area contributed by atoms with Gasteiger partial charge in [-0.05, 0) is 36.8 Å². The number of amides is 1. The van der Waals surface area contributed by atoms with E-state index in [0.29, 0.717) is 16.3 Å². The van der Waals surface area contributed by atoms with Gasteiger partial charge in [0.1, 0.15) is 0 Å². The van der Waals surface area contributed by atoms with E-state index < -0.39 is 0 Å². The maximum absolute atomic E-state index is 12.9. The molecular formula is C25H19ClN4O. The molecule has 0 saturated heterocycles. The first-order chi connectivity index (χ1) is 15.1. The first-order valence-corrected chi connectivity index (χ1v) is 10.3. The van der Waals surface area contributed by atoms with Gasteiger partial charge in [0.15, 0.2) is 0 Å². The van der Waals surface area contributed by atoms with Gasteiger partial charge in [-0.1, -0.05) is 60.1 Å². The standard InChI is InChI=1S/C25H19ClN4O/c1-15-23(28-14-27-15)17-7-10-19(11-8-17)29-24(16-5-3-2-4-6-16)22-20-12-9-18(26)13-21(20)30-25(22)31/h2-14,29H,1H3,(H,27,28)(H,30,31). The molecule has 1 amide bonds. The average molecular weight is 427 g/mol. The normalized spacial score (nSPS) is 14.2. The largest absolute Gasteiger partial charge is 0.354 e. The second-order valence-corrected chi connectivity index (χ2v) is 7.77. The molecule has 0 aliphatic carbocycles. The lowest BCUT2D eigenvalue weighted by molar-refractivity contribution is -0.110. The maximum Gasteiger partial charge on any atom is 0.258 e. The number of H-pyrrole nitrogens is 1. The molecule has 1 aromatic heterocycles. The Bertz CT molecular complexity index is 1310. The van der Waals surface area contributed by atoms with Gasteiger partial charge < -0.3 is 15.6 Å². The lowest BCUT2D eigenvalue weighted by Crippen LogP contribution is -2.10. The minimum absolute atomic E-state index is 0.160. The third kappa shape index (κ3) is 3.60. The van der Waals surface area contributed by atoms with Gasteiger partial charge in [-0.15, -0.1) is 0 Å². The highest BCUT2D eigenvalue weighted by molar-refractivity contribution is 6.38. The topological polar surface area (TPSA) is 69.8 Å². The molecule has 0 spiro atoms. The molecule has 152 valence electrons. The number of nitrogens with one attached hydrogen (secondary N) is 3. The van der Waals surface area contributed by atoms with Gasteiger partial charge in [-0.25, -0.2) is 4.98 Å². The molecule has 1 aliphatic rings. The van der Waals surface area contributed by atoms with Crippen molar-refractivity contribution in [3.05, 3.63) is 101 Å². The number of carbonyl (C=O) groups is 1. The summed E-state index contributed by atoms with van der Waals surface area (Å²) in [4.78, 5) is 20.4. The molecule has 2 heterocycles. The molecule has 3 aromatic carbocycles. The van der Waals surface area contributed by atoms with Gasteiger partial charge in [-0.3, -0.25) is 4.79 Å². The highest BCUT2D eigenvalue weighted by atomic mass is 35.5. The average Bonchev–Trinajstić information content (AvgIpc) is 3.35. The van der Waals surface area contributed by atoms with Crippen LogP contribution in [0.4, 0.5) is 11.4 Å². The van der Waals surface area contributed by atoms with Gasteiger partial charge >= 0.3 is 0 Å². The van der Waals surface area contributed by atoms with Crippen LogP contribution in [-0.4, -0.2) is 15.9 Å². The Balaban J connectivity index is 1.59. The number of rotatable bonds is 4. The Hall–Kier alpha value is -3.83. The number of benzene rings is 3. The summed E-state index contributed by atoms with van der Waals surface area (Å²) in [6.07, 6.45) is 1.69. The quantitative estimate of drug-likeness (QED) is 0.352. The van der Waals surface area contributed by atoms with Crippen molar-refractivity contribution in [2.24, 2.45) is 0 Å². The Morgan fingerprint density at radius 3 is 2.48 bits per heavy atom. The van der Waals surface area contributed by atoms with Gasteiger partial charge in [0.05, 0.1) is 29.0 Å². The van der Waals surface area contributed by atoms with Crippen LogP contribution in [-0.2, 0) is 4.79 Å². The van der Waals surface area contributed by atoms with Crippen molar-refractivity contribution in [2.45, 2.75) is 6.92 Å². The number of fused-ring (bicyclic) bond motifs is 1. The summed E-state index contributed by atoms with van der Waals surface area (Å²) in [6.45, 7) is 1.99. The highest BCUT2D eigenvalue weighted by Gasteiger charge is 2.28. The summed E-state index contributed by atoms with van der Waals surface area (Å²) in [7, 11) is 0. The van der Waals surface area contributed by atoms with Crippen LogP contribution in [0.1, 0.15) is 16.8 Å². The molecule has 31 heavy (non-hydrogen) atoms. The van der Waals surface area contributed by atoms with Crippen molar-refractivity contribution in [1.29, 1.82) is 0 Å². The van der Waals surface area contributed by atoms with Gasteiger partial charge in [0, 0.05) is 27.5 Å². The van der Waals surface area contributed by atoms with Gasteiger partial charge in [-0.2, -0.15) is 0 Å². The molecule has 6 heteroatoms. The van der Waals surface area contributed by atoms with Crippen LogP contribution in [0.25, 0.3) is 22.5 Å². The summed E-state index contributed by atoms with van der Waals surface area (Å²) in [5, 5.41) is 6.98. The van der Waals surface area contributed by atoms with E-state index in [1.54, 1.807) is 18.5 Å². The monoisotopic (exact) mass is 426 g/mol. The molecule has 0 saturated carbocycles. The van der Waals surface area contributed by atoms with Crippen molar-refractivity contribution in [3.63, 3.8) is 0 Å². The number of halogens is 1. The number of aryl methyl sites for hydroxylation is 1. The number of nitrogens with zero attached hydrogens (tertiary/aromatic N) is 1. The molecular weight excluding hydrogens is 408 g/mol. The Morgan fingerprint density at radius 2 is 1.77 bits per heavy atom. The van der Waals surface area contributed by atoms with Crippen molar-refractivity contribution in [2.75, 3.05) is 10.6 Å². The van der Waals surface area contributed by atoms with Crippen LogP contribution in [0.2, 0.25) is 5.02 Å². The van der Waals surface area contributed by atoms with E-state index in [-0.39, 0.29) is 5.91 Å². The SMILES string of the molecule is Cc1[nH]cnc1-c1ccc(NC(=C2C(=O)Nc3cc(Cl)ccc32)c2ccccc2)cc1. The highest BCUT2D eigenvalue weighted by Crippen LogP contribution is 2.38. The number of aromatic nitrogens is 2. The van der Waals surface area contributed by atoms with E-state index in [4.69, 9.17) is 11.6 Å². The summed E-state index contributed by atoms with van der Waals surface area (Å²) in [5.41, 5.74) is 7.63. The predicted molar refractivity (Wildman–Crippen MR) is 126 cm³/mol. The van der Waals surface area contributed by atoms with Crippen LogP contribution >= 0.6 is 11.6 Å². The van der Waals surface area contributed by atoms with E-state index in [1.165, 1.54) is 0 Å². The zero-order valence-electron chi connectivity index (χ0n) is 16.7. The molecule has 0 atom stereocenters. The molecule has 0 radical (unpaired) electrons. The van der Waals surface area contributed by atoms with Crippen molar-refractivity contribution in [1.82, 2.24) is 9.97 Å². The van der Waals surface area contributed by atoms with E-state index in [1.807, 2.05) is 67.6 Å². The fourth-order valence-electron chi connectivity index (χ4n) is 3.78. The molecule has 3 N–H and O–H groups in total. The van der Waals surface area contributed by atoms with E-state index >= 15 is 0 Å². The number of aromatic amines is 1. The second-order valence-electron chi connectivity index (χ2n) is 7.34. The molecule has 5 rings (SSSR count). The van der Waals surface area contributed by atoms with Crippen molar-refractivity contribution in [3.8, 4) is 11.3 Å². The smallest absolute Gasteiger partial charge is 0.258 e. The lowest BCUT2D eigenvalue weighted by Gasteiger charge is -2.15. The Morgan fingerprint density at radius 1 is 1.00 bits per heavy atom. The molecule has 5 nitrogen and oxygen atoms in total. The minimum atomic E-state index is -0.160.